The van der Waals surface area contributed by atoms with Gasteiger partial charge in [0, 0.05) is 41.3 Å². The summed E-state index contributed by atoms with van der Waals surface area (Å²) in [6.07, 6.45) is 0. The summed E-state index contributed by atoms with van der Waals surface area (Å²) < 4.78 is 1.31. The van der Waals surface area contributed by atoms with Gasteiger partial charge in [0.05, 0.1) is 0 Å². The fourth-order valence-corrected chi connectivity index (χ4v) is 2.61. The van der Waals surface area contributed by atoms with Crippen LogP contribution in [-0.2, 0) is 6.54 Å². The normalized spacial score (nSPS) is 18.9. The van der Waals surface area contributed by atoms with Crippen LogP contribution in [0.5, 0.6) is 0 Å². The summed E-state index contributed by atoms with van der Waals surface area (Å²) >= 11 is 8.41. The molecule has 1 fully saturated rings. The van der Waals surface area contributed by atoms with Crippen LogP contribution < -0.4 is 0 Å². The summed E-state index contributed by atoms with van der Waals surface area (Å²) in [4.78, 5) is 4.87. The molecule has 1 aromatic rings. The Morgan fingerprint density at radius 1 is 1.25 bits per heavy atom. The van der Waals surface area contributed by atoms with Gasteiger partial charge in [0.1, 0.15) is 0 Å². The minimum absolute atomic E-state index is 0.838. The Kier molecular flexibility index (Phi) is 4.47. The highest BCUT2D eigenvalue weighted by atomic mass is 127. The van der Waals surface area contributed by atoms with Gasteiger partial charge < -0.3 is 4.90 Å². The lowest BCUT2D eigenvalue weighted by molar-refractivity contribution is 0.148. The van der Waals surface area contributed by atoms with Crippen molar-refractivity contribution in [2.45, 2.75) is 6.54 Å². The number of benzene rings is 1. The first-order valence-electron chi connectivity index (χ1n) is 5.50. The third-order valence-electron chi connectivity index (χ3n) is 3.00. The van der Waals surface area contributed by atoms with Crippen LogP contribution in [0.3, 0.4) is 0 Å². The molecule has 1 saturated heterocycles. The smallest absolute Gasteiger partial charge is 0.0409 e. The average molecular weight is 351 g/mol. The zero-order chi connectivity index (χ0) is 11.5. The third-order valence-corrected chi connectivity index (χ3v) is 4.29. The number of rotatable bonds is 2. The van der Waals surface area contributed by atoms with Crippen molar-refractivity contribution >= 4 is 34.2 Å². The first kappa shape index (κ1) is 12.6. The highest BCUT2D eigenvalue weighted by Gasteiger charge is 2.14. The minimum atomic E-state index is 0.838. The molecule has 1 aromatic carbocycles. The van der Waals surface area contributed by atoms with E-state index < -0.39 is 0 Å². The monoisotopic (exact) mass is 350 g/mol. The van der Waals surface area contributed by atoms with Crippen molar-refractivity contribution in [2.24, 2.45) is 0 Å². The first-order valence-corrected chi connectivity index (χ1v) is 6.95. The van der Waals surface area contributed by atoms with Crippen LogP contribution in [0.1, 0.15) is 5.56 Å². The molecule has 0 saturated carbocycles. The van der Waals surface area contributed by atoms with E-state index in [-0.39, 0.29) is 0 Å². The molecule has 1 heterocycles. The Morgan fingerprint density at radius 2 is 1.94 bits per heavy atom. The molecule has 88 valence electrons. The van der Waals surface area contributed by atoms with E-state index in [0.717, 1.165) is 37.7 Å². The van der Waals surface area contributed by atoms with E-state index in [9.17, 15) is 0 Å². The van der Waals surface area contributed by atoms with E-state index >= 15 is 0 Å². The van der Waals surface area contributed by atoms with Crippen LogP contribution >= 0.6 is 34.2 Å². The van der Waals surface area contributed by atoms with E-state index in [1.807, 2.05) is 6.07 Å². The van der Waals surface area contributed by atoms with Gasteiger partial charge in [-0.15, -0.1) is 0 Å². The van der Waals surface area contributed by atoms with E-state index in [2.05, 4.69) is 51.6 Å². The topological polar surface area (TPSA) is 6.48 Å². The van der Waals surface area contributed by atoms with E-state index in [1.54, 1.807) is 0 Å². The molecule has 0 N–H and O–H groups in total. The summed E-state index contributed by atoms with van der Waals surface area (Å²) in [5.74, 6) is 0. The molecule has 0 aliphatic carbocycles. The average Bonchev–Trinajstić information content (AvgIpc) is 2.27. The summed E-state index contributed by atoms with van der Waals surface area (Å²) in [6.45, 7) is 5.65. The second kappa shape index (κ2) is 5.67. The molecule has 4 heteroatoms. The predicted octanol–water partition coefficient (Wildman–Crippen LogP) is 2.69. The van der Waals surface area contributed by atoms with Crippen molar-refractivity contribution < 1.29 is 0 Å². The van der Waals surface area contributed by atoms with Crippen molar-refractivity contribution in [3.05, 3.63) is 32.4 Å². The Morgan fingerprint density at radius 3 is 2.62 bits per heavy atom. The highest BCUT2D eigenvalue weighted by Crippen LogP contribution is 2.19. The van der Waals surface area contributed by atoms with Crippen molar-refractivity contribution in [3.63, 3.8) is 0 Å². The van der Waals surface area contributed by atoms with Crippen molar-refractivity contribution in [3.8, 4) is 0 Å². The van der Waals surface area contributed by atoms with Gasteiger partial charge in [-0.3, -0.25) is 4.90 Å². The molecule has 0 radical (unpaired) electrons. The van der Waals surface area contributed by atoms with Gasteiger partial charge in [-0.05, 0) is 53.4 Å². The lowest BCUT2D eigenvalue weighted by Gasteiger charge is -2.32. The Bertz CT molecular complexity index is 362. The maximum Gasteiger partial charge on any atom is 0.0409 e. The zero-order valence-corrected chi connectivity index (χ0v) is 12.3. The van der Waals surface area contributed by atoms with Crippen LogP contribution in [0.15, 0.2) is 18.2 Å². The largest absolute Gasteiger partial charge is 0.304 e. The molecule has 0 bridgehead atoms. The van der Waals surface area contributed by atoms with Crippen LogP contribution in [0.25, 0.3) is 0 Å². The molecular weight excluding hydrogens is 335 g/mol. The second-order valence-corrected chi connectivity index (χ2v) is 5.91. The van der Waals surface area contributed by atoms with Gasteiger partial charge in [0.25, 0.3) is 0 Å². The number of hydrogen-bond acceptors (Lipinski definition) is 2. The molecule has 0 atom stereocenters. The van der Waals surface area contributed by atoms with E-state index in [0.29, 0.717) is 0 Å². The molecule has 1 aliphatic rings. The highest BCUT2D eigenvalue weighted by molar-refractivity contribution is 14.1. The van der Waals surface area contributed by atoms with Crippen molar-refractivity contribution in [2.75, 3.05) is 33.2 Å². The fraction of sp³-hybridized carbons (Fsp3) is 0.500. The number of piperazine rings is 1. The molecule has 2 nitrogen and oxygen atoms in total. The lowest BCUT2D eigenvalue weighted by Crippen LogP contribution is -2.43. The standard InChI is InChI=1S/C12H16ClIN2/c1-15-4-6-16(7-5-15)9-10-8-11(13)2-3-12(10)14/h2-3,8H,4-7,9H2,1H3. The summed E-state index contributed by atoms with van der Waals surface area (Å²) in [5, 5.41) is 0.838. The number of halogens is 2. The molecular formula is C12H16ClIN2. The molecule has 1 aliphatic heterocycles. The van der Waals surface area contributed by atoms with Gasteiger partial charge in [-0.1, -0.05) is 11.6 Å². The fourth-order valence-electron chi connectivity index (χ4n) is 1.91. The van der Waals surface area contributed by atoms with E-state index in [1.165, 1.54) is 9.13 Å². The zero-order valence-electron chi connectivity index (χ0n) is 9.42. The predicted molar refractivity (Wildman–Crippen MR) is 76.9 cm³/mol. The molecule has 0 amide bonds. The Balaban J connectivity index is 2.00. The van der Waals surface area contributed by atoms with Gasteiger partial charge in [0.2, 0.25) is 0 Å². The van der Waals surface area contributed by atoms with Gasteiger partial charge in [0.15, 0.2) is 0 Å². The van der Waals surface area contributed by atoms with Crippen molar-refractivity contribution in [1.82, 2.24) is 9.80 Å². The summed E-state index contributed by atoms with van der Waals surface area (Å²) in [5.41, 5.74) is 1.35. The Labute approximate surface area is 116 Å². The van der Waals surface area contributed by atoms with Crippen LogP contribution in [0.2, 0.25) is 5.02 Å². The van der Waals surface area contributed by atoms with Gasteiger partial charge in [-0.25, -0.2) is 0 Å². The van der Waals surface area contributed by atoms with Gasteiger partial charge in [-0.2, -0.15) is 0 Å². The number of likely N-dealkylation sites (N-methyl/N-ethyl adjacent to an activating group) is 1. The van der Waals surface area contributed by atoms with Crippen LogP contribution in [0, 0.1) is 3.57 Å². The second-order valence-electron chi connectivity index (χ2n) is 4.32. The Hall–Kier alpha value is 0.160. The van der Waals surface area contributed by atoms with Crippen LogP contribution in [-0.4, -0.2) is 43.0 Å². The summed E-state index contributed by atoms with van der Waals surface area (Å²) in [7, 11) is 2.18. The van der Waals surface area contributed by atoms with Crippen LogP contribution in [0.4, 0.5) is 0 Å². The molecule has 0 aromatic heterocycles. The molecule has 2 rings (SSSR count). The number of nitrogens with zero attached hydrogens (tertiary/aromatic N) is 2. The minimum Gasteiger partial charge on any atom is -0.304 e. The molecule has 16 heavy (non-hydrogen) atoms. The SMILES string of the molecule is CN1CCN(Cc2cc(Cl)ccc2I)CC1. The third kappa shape index (κ3) is 3.32. The summed E-state index contributed by atoms with van der Waals surface area (Å²) in [6, 6.07) is 6.13. The lowest BCUT2D eigenvalue weighted by atomic mass is 10.2. The maximum absolute atomic E-state index is 6.03. The maximum atomic E-state index is 6.03. The van der Waals surface area contributed by atoms with Crippen molar-refractivity contribution in [1.29, 1.82) is 0 Å². The quantitative estimate of drug-likeness (QED) is 0.757. The van der Waals surface area contributed by atoms with E-state index in [4.69, 9.17) is 11.6 Å². The number of hydrogen-bond donors (Lipinski definition) is 0. The first-order chi connectivity index (χ1) is 7.65. The molecule has 0 unspecified atom stereocenters. The van der Waals surface area contributed by atoms with Gasteiger partial charge >= 0.3 is 0 Å². The molecule has 0 spiro atoms.